The van der Waals surface area contributed by atoms with Crippen LogP contribution in [-0.4, -0.2) is 65.3 Å². The summed E-state index contributed by atoms with van der Waals surface area (Å²) in [5, 5.41) is 0.689. The number of hydrogen-bond donors (Lipinski definition) is 0. The molecule has 8 nitrogen and oxygen atoms in total. The van der Waals surface area contributed by atoms with Crippen molar-refractivity contribution in [3.63, 3.8) is 0 Å². The zero-order valence-electron chi connectivity index (χ0n) is 17.1. The number of rotatable bonds is 6. The van der Waals surface area contributed by atoms with Crippen molar-refractivity contribution in [1.29, 1.82) is 0 Å². The molecular formula is C19H22Cl2N2O6S2. The molecule has 0 spiro atoms. The highest BCUT2D eigenvalue weighted by atomic mass is 35.5. The van der Waals surface area contributed by atoms with Crippen molar-refractivity contribution < 1.29 is 26.3 Å². The zero-order valence-corrected chi connectivity index (χ0v) is 20.2. The van der Waals surface area contributed by atoms with E-state index in [2.05, 4.69) is 0 Å². The quantitative estimate of drug-likeness (QED) is 0.594. The SMILES string of the molecule is COc1cc(Cl)ccc1S(=O)(=O)N1CCN(S(=O)(=O)c2ccc(Cl)cc2OC)C(C)C1. The highest BCUT2D eigenvalue weighted by Gasteiger charge is 2.39. The second-order valence-corrected chi connectivity index (χ2v) is 11.6. The van der Waals surface area contributed by atoms with Crippen LogP contribution in [0.15, 0.2) is 46.2 Å². The van der Waals surface area contributed by atoms with Gasteiger partial charge < -0.3 is 9.47 Å². The van der Waals surface area contributed by atoms with E-state index in [-0.39, 0.29) is 40.9 Å². The maximum absolute atomic E-state index is 13.3. The Hall–Kier alpha value is -1.56. The molecule has 0 radical (unpaired) electrons. The fraction of sp³-hybridized carbons (Fsp3) is 0.368. The molecule has 2 aromatic rings. The summed E-state index contributed by atoms with van der Waals surface area (Å²) in [6.45, 7) is 1.59. The number of nitrogens with zero attached hydrogens (tertiary/aromatic N) is 2. The van der Waals surface area contributed by atoms with E-state index >= 15 is 0 Å². The molecule has 0 aliphatic carbocycles. The molecule has 170 valence electrons. The first kappa shape index (κ1) is 24.1. The van der Waals surface area contributed by atoms with E-state index in [1.54, 1.807) is 6.92 Å². The molecule has 1 unspecified atom stereocenters. The van der Waals surface area contributed by atoms with Gasteiger partial charge in [-0.3, -0.25) is 0 Å². The van der Waals surface area contributed by atoms with Crippen molar-refractivity contribution in [1.82, 2.24) is 8.61 Å². The van der Waals surface area contributed by atoms with E-state index in [1.165, 1.54) is 59.2 Å². The Morgan fingerprint density at radius 1 is 0.839 bits per heavy atom. The standard InChI is InChI=1S/C19H22Cl2N2O6S2/c1-13-12-22(30(24,25)18-6-4-14(20)10-16(18)28-2)8-9-23(13)31(26,27)19-7-5-15(21)11-17(19)29-3/h4-7,10-11,13H,8-9,12H2,1-3H3. The van der Waals surface area contributed by atoms with Gasteiger partial charge in [-0.05, 0) is 31.2 Å². The van der Waals surface area contributed by atoms with Crippen LogP contribution in [0.5, 0.6) is 11.5 Å². The summed E-state index contributed by atoms with van der Waals surface area (Å²) >= 11 is 11.9. The molecule has 0 amide bonds. The lowest BCUT2D eigenvalue weighted by Gasteiger charge is -2.38. The maximum Gasteiger partial charge on any atom is 0.247 e. The molecule has 3 rings (SSSR count). The fourth-order valence-electron chi connectivity index (χ4n) is 3.46. The lowest BCUT2D eigenvalue weighted by Crippen LogP contribution is -2.55. The monoisotopic (exact) mass is 508 g/mol. The van der Waals surface area contributed by atoms with Crippen molar-refractivity contribution in [2.75, 3.05) is 33.9 Å². The normalized spacial score (nSPS) is 18.7. The molecule has 1 fully saturated rings. The minimum atomic E-state index is -3.94. The van der Waals surface area contributed by atoms with Crippen molar-refractivity contribution in [2.24, 2.45) is 0 Å². The molecule has 0 bridgehead atoms. The Labute approximate surface area is 192 Å². The van der Waals surface area contributed by atoms with Crippen LogP contribution in [0, 0.1) is 0 Å². The number of methoxy groups -OCH3 is 2. The van der Waals surface area contributed by atoms with Gasteiger partial charge in [0.1, 0.15) is 21.3 Å². The first-order valence-corrected chi connectivity index (χ1v) is 12.8. The van der Waals surface area contributed by atoms with E-state index in [0.29, 0.717) is 10.0 Å². The maximum atomic E-state index is 13.3. The third-order valence-corrected chi connectivity index (χ3v) is 9.41. The molecule has 1 saturated heterocycles. The highest BCUT2D eigenvalue weighted by molar-refractivity contribution is 7.89. The summed E-state index contributed by atoms with van der Waals surface area (Å²) in [5.41, 5.74) is 0. The number of benzene rings is 2. The van der Waals surface area contributed by atoms with Gasteiger partial charge in [-0.1, -0.05) is 23.2 Å². The van der Waals surface area contributed by atoms with Crippen LogP contribution in [0.3, 0.4) is 0 Å². The van der Waals surface area contributed by atoms with Crippen molar-refractivity contribution in [3.8, 4) is 11.5 Å². The first-order valence-electron chi connectivity index (χ1n) is 9.21. The van der Waals surface area contributed by atoms with Gasteiger partial charge in [-0.15, -0.1) is 0 Å². The molecule has 1 aliphatic rings. The Morgan fingerprint density at radius 2 is 1.32 bits per heavy atom. The molecule has 1 aliphatic heterocycles. The van der Waals surface area contributed by atoms with Crippen LogP contribution in [0.1, 0.15) is 6.92 Å². The molecule has 1 heterocycles. The summed E-state index contributed by atoms with van der Waals surface area (Å²) < 4.78 is 65.8. The average Bonchev–Trinajstić information content (AvgIpc) is 2.72. The minimum absolute atomic E-state index is 0.0202. The number of hydrogen-bond acceptors (Lipinski definition) is 6. The Bertz CT molecular complexity index is 1190. The van der Waals surface area contributed by atoms with E-state index < -0.39 is 26.1 Å². The largest absolute Gasteiger partial charge is 0.495 e. The predicted molar refractivity (Wildman–Crippen MR) is 118 cm³/mol. The van der Waals surface area contributed by atoms with Crippen LogP contribution in [0.2, 0.25) is 10.0 Å². The van der Waals surface area contributed by atoms with Gasteiger partial charge in [0.25, 0.3) is 0 Å². The second kappa shape index (κ2) is 9.13. The van der Waals surface area contributed by atoms with Crippen LogP contribution >= 0.6 is 23.2 Å². The second-order valence-electron chi connectivity index (χ2n) is 6.92. The Morgan fingerprint density at radius 3 is 1.77 bits per heavy atom. The lowest BCUT2D eigenvalue weighted by atomic mass is 10.3. The molecule has 0 saturated carbocycles. The highest BCUT2D eigenvalue weighted by Crippen LogP contribution is 2.34. The van der Waals surface area contributed by atoms with Gasteiger partial charge in [0.05, 0.1) is 14.2 Å². The van der Waals surface area contributed by atoms with Gasteiger partial charge in [0, 0.05) is 47.9 Å². The fourth-order valence-corrected chi connectivity index (χ4v) is 7.18. The summed E-state index contributed by atoms with van der Waals surface area (Å²) in [6, 6.07) is 7.92. The van der Waals surface area contributed by atoms with Crippen molar-refractivity contribution in [3.05, 3.63) is 46.4 Å². The van der Waals surface area contributed by atoms with Gasteiger partial charge in [-0.2, -0.15) is 8.61 Å². The topological polar surface area (TPSA) is 93.2 Å². The van der Waals surface area contributed by atoms with E-state index in [9.17, 15) is 16.8 Å². The smallest absolute Gasteiger partial charge is 0.247 e. The van der Waals surface area contributed by atoms with Crippen molar-refractivity contribution in [2.45, 2.75) is 22.8 Å². The number of sulfonamides is 2. The van der Waals surface area contributed by atoms with E-state index in [1.807, 2.05) is 0 Å². The van der Waals surface area contributed by atoms with Crippen LogP contribution in [-0.2, 0) is 20.0 Å². The van der Waals surface area contributed by atoms with Gasteiger partial charge in [0.15, 0.2) is 0 Å². The van der Waals surface area contributed by atoms with Gasteiger partial charge >= 0.3 is 0 Å². The molecular weight excluding hydrogens is 487 g/mol. The number of piperazine rings is 1. The van der Waals surface area contributed by atoms with Gasteiger partial charge in [-0.25, -0.2) is 16.8 Å². The van der Waals surface area contributed by atoms with Crippen LogP contribution in [0.4, 0.5) is 0 Å². The lowest BCUT2D eigenvalue weighted by molar-refractivity contribution is 0.212. The summed E-state index contributed by atoms with van der Waals surface area (Å²) in [6.07, 6.45) is 0. The van der Waals surface area contributed by atoms with Crippen LogP contribution < -0.4 is 9.47 Å². The molecule has 2 aromatic carbocycles. The zero-order chi connectivity index (χ0) is 23.0. The molecule has 0 N–H and O–H groups in total. The van der Waals surface area contributed by atoms with E-state index in [0.717, 1.165) is 0 Å². The average molecular weight is 509 g/mol. The number of ether oxygens (including phenoxy) is 2. The molecule has 0 aromatic heterocycles. The third-order valence-electron chi connectivity index (χ3n) is 4.99. The van der Waals surface area contributed by atoms with Crippen molar-refractivity contribution >= 4 is 43.2 Å². The van der Waals surface area contributed by atoms with E-state index in [4.69, 9.17) is 32.7 Å². The van der Waals surface area contributed by atoms with Gasteiger partial charge in [0.2, 0.25) is 20.0 Å². The van der Waals surface area contributed by atoms with Crippen LogP contribution in [0.25, 0.3) is 0 Å². The molecule has 31 heavy (non-hydrogen) atoms. The summed E-state index contributed by atoms with van der Waals surface area (Å²) in [7, 11) is -5.14. The molecule has 1 atom stereocenters. The molecule has 12 heteroatoms. The Kier molecular flexibility index (Phi) is 7.09. The minimum Gasteiger partial charge on any atom is -0.495 e. The summed E-state index contributed by atoms with van der Waals surface area (Å²) in [5.74, 6) is 0.252. The number of halogens is 2. The summed E-state index contributed by atoms with van der Waals surface area (Å²) in [4.78, 5) is -0.0517. The first-order chi connectivity index (χ1) is 14.5. The Balaban J connectivity index is 1.89. The predicted octanol–water partition coefficient (Wildman–Crippen LogP) is 3.09. The third kappa shape index (κ3) is 4.64.